The third-order valence-corrected chi connectivity index (χ3v) is 3.53. The summed E-state index contributed by atoms with van der Waals surface area (Å²) >= 11 is 0. The minimum absolute atomic E-state index is 0.120. The fraction of sp³-hybridized carbons (Fsp3) is 0.375. The molecule has 0 radical (unpaired) electrons. The van der Waals surface area contributed by atoms with Crippen LogP contribution in [0.2, 0.25) is 0 Å². The molecule has 112 valence electrons. The summed E-state index contributed by atoms with van der Waals surface area (Å²) < 4.78 is 17.6. The average Bonchev–Trinajstić information content (AvgIpc) is 3.02. The lowest BCUT2D eigenvalue weighted by molar-refractivity contribution is -0.145. The highest BCUT2D eigenvalue weighted by Gasteiger charge is 2.26. The summed E-state index contributed by atoms with van der Waals surface area (Å²) in [6.45, 7) is 0. The molecule has 1 amide bonds. The highest BCUT2D eigenvalue weighted by molar-refractivity contribution is 5.86. The van der Waals surface area contributed by atoms with Crippen LogP contribution >= 0.6 is 0 Å². The van der Waals surface area contributed by atoms with Gasteiger partial charge in [-0.3, -0.25) is 4.79 Å². The van der Waals surface area contributed by atoms with E-state index in [0.29, 0.717) is 12.8 Å². The van der Waals surface area contributed by atoms with Gasteiger partial charge in [0.15, 0.2) is 0 Å². The molecule has 5 heteroatoms. The summed E-state index contributed by atoms with van der Waals surface area (Å²) in [4.78, 5) is 23.9. The summed E-state index contributed by atoms with van der Waals surface area (Å²) in [6.07, 6.45) is 5.57. The average molecular weight is 291 g/mol. The zero-order valence-electron chi connectivity index (χ0n) is 11.8. The largest absolute Gasteiger partial charge is 0.467 e. The number of hydrogen-bond acceptors (Lipinski definition) is 3. The van der Waals surface area contributed by atoms with Crippen LogP contribution in [-0.2, 0) is 20.7 Å². The molecular weight excluding hydrogens is 273 g/mol. The summed E-state index contributed by atoms with van der Waals surface area (Å²) in [5.74, 6) is -1.11. The van der Waals surface area contributed by atoms with Gasteiger partial charge in [-0.05, 0) is 30.5 Å². The maximum absolute atomic E-state index is 12.9. The lowest BCUT2D eigenvalue weighted by Crippen LogP contribution is -2.45. The normalized spacial score (nSPS) is 15.7. The van der Waals surface area contributed by atoms with E-state index in [1.807, 2.05) is 12.2 Å². The molecule has 0 aliphatic heterocycles. The first-order valence-corrected chi connectivity index (χ1v) is 6.88. The Hall–Kier alpha value is -2.17. The van der Waals surface area contributed by atoms with Crippen molar-refractivity contribution in [1.82, 2.24) is 5.32 Å². The van der Waals surface area contributed by atoms with Gasteiger partial charge in [0, 0.05) is 12.3 Å². The van der Waals surface area contributed by atoms with Crippen molar-refractivity contribution in [2.45, 2.75) is 25.3 Å². The Labute approximate surface area is 123 Å². The minimum atomic E-state index is -0.756. The number of amides is 1. The quantitative estimate of drug-likeness (QED) is 0.667. The number of benzene rings is 1. The Morgan fingerprint density at radius 3 is 2.48 bits per heavy atom. The van der Waals surface area contributed by atoms with Crippen LogP contribution in [-0.4, -0.2) is 25.0 Å². The topological polar surface area (TPSA) is 55.4 Å². The molecule has 1 aliphatic carbocycles. The van der Waals surface area contributed by atoms with E-state index in [1.165, 1.54) is 19.2 Å². The number of ether oxygens (including phenoxy) is 1. The molecule has 1 unspecified atom stereocenters. The molecule has 0 saturated carbocycles. The van der Waals surface area contributed by atoms with E-state index >= 15 is 0 Å². The van der Waals surface area contributed by atoms with Crippen LogP contribution in [0.25, 0.3) is 0 Å². The fourth-order valence-electron chi connectivity index (χ4n) is 2.31. The first-order chi connectivity index (χ1) is 10.1. The highest BCUT2D eigenvalue weighted by Crippen LogP contribution is 2.18. The molecule has 1 aliphatic rings. The van der Waals surface area contributed by atoms with Crippen LogP contribution in [0.15, 0.2) is 36.4 Å². The van der Waals surface area contributed by atoms with Crippen LogP contribution in [0.3, 0.4) is 0 Å². The maximum atomic E-state index is 12.9. The number of allylic oxidation sites excluding steroid dienone is 2. The molecule has 0 spiro atoms. The first kappa shape index (κ1) is 15.2. The molecule has 21 heavy (non-hydrogen) atoms. The van der Waals surface area contributed by atoms with Crippen molar-refractivity contribution in [2.75, 3.05) is 7.11 Å². The molecule has 1 aromatic carbocycles. The lowest BCUT2D eigenvalue weighted by Gasteiger charge is -2.19. The van der Waals surface area contributed by atoms with Crippen LogP contribution < -0.4 is 5.32 Å². The Balaban J connectivity index is 2.02. The highest BCUT2D eigenvalue weighted by atomic mass is 19.1. The Bertz CT molecular complexity index is 531. The Morgan fingerprint density at radius 2 is 1.90 bits per heavy atom. The number of esters is 1. The molecule has 1 aromatic rings. The molecule has 0 saturated heterocycles. The molecule has 0 aromatic heterocycles. The van der Waals surface area contributed by atoms with Gasteiger partial charge >= 0.3 is 5.97 Å². The van der Waals surface area contributed by atoms with Crippen molar-refractivity contribution >= 4 is 11.9 Å². The number of rotatable bonds is 5. The fourth-order valence-corrected chi connectivity index (χ4v) is 2.31. The van der Waals surface area contributed by atoms with Crippen LogP contribution in [0.1, 0.15) is 18.4 Å². The Kier molecular flexibility index (Phi) is 5.09. The predicted molar refractivity (Wildman–Crippen MR) is 75.9 cm³/mol. The molecular formula is C16H18FNO3. The second-order valence-corrected chi connectivity index (χ2v) is 5.05. The van der Waals surface area contributed by atoms with Gasteiger partial charge in [0.2, 0.25) is 5.91 Å². The first-order valence-electron chi connectivity index (χ1n) is 6.88. The van der Waals surface area contributed by atoms with E-state index in [1.54, 1.807) is 12.1 Å². The second-order valence-electron chi connectivity index (χ2n) is 5.05. The summed E-state index contributed by atoms with van der Waals surface area (Å²) in [5.41, 5.74) is 0.761. The van der Waals surface area contributed by atoms with Crippen LogP contribution in [0, 0.1) is 11.7 Å². The molecule has 2 rings (SSSR count). The van der Waals surface area contributed by atoms with Gasteiger partial charge in [-0.1, -0.05) is 24.3 Å². The van der Waals surface area contributed by atoms with Gasteiger partial charge in [0.25, 0.3) is 0 Å². The molecule has 0 heterocycles. The van der Waals surface area contributed by atoms with Crippen LogP contribution in [0.4, 0.5) is 4.39 Å². The second kappa shape index (κ2) is 7.02. The summed E-state index contributed by atoms with van der Waals surface area (Å²) in [7, 11) is 1.28. The molecule has 1 N–H and O–H groups in total. The van der Waals surface area contributed by atoms with Gasteiger partial charge in [-0.15, -0.1) is 0 Å². The van der Waals surface area contributed by atoms with Crippen molar-refractivity contribution in [1.29, 1.82) is 0 Å². The minimum Gasteiger partial charge on any atom is -0.467 e. The standard InChI is InChI=1S/C16H18FNO3/c1-21-16(20)14(10-11-6-8-13(17)9-7-11)18-15(19)12-4-2-3-5-12/h2-3,6-9,12,14H,4-5,10H2,1H3,(H,18,19). The molecule has 0 fully saturated rings. The van der Waals surface area contributed by atoms with E-state index in [0.717, 1.165) is 5.56 Å². The SMILES string of the molecule is COC(=O)C(Cc1ccc(F)cc1)NC(=O)C1CC=CC1. The molecule has 4 nitrogen and oxygen atoms in total. The maximum Gasteiger partial charge on any atom is 0.328 e. The summed E-state index contributed by atoms with van der Waals surface area (Å²) in [6, 6.07) is 5.08. The van der Waals surface area contributed by atoms with Gasteiger partial charge in [-0.25, -0.2) is 9.18 Å². The van der Waals surface area contributed by atoms with Crippen molar-refractivity contribution in [3.63, 3.8) is 0 Å². The van der Waals surface area contributed by atoms with E-state index in [4.69, 9.17) is 4.74 Å². The third kappa shape index (κ3) is 4.15. The number of methoxy groups -OCH3 is 1. The van der Waals surface area contributed by atoms with E-state index < -0.39 is 12.0 Å². The van der Waals surface area contributed by atoms with E-state index in [-0.39, 0.29) is 24.1 Å². The van der Waals surface area contributed by atoms with Crippen molar-refractivity contribution in [3.8, 4) is 0 Å². The predicted octanol–water partition coefficient (Wildman–Crippen LogP) is 1.99. The van der Waals surface area contributed by atoms with Gasteiger partial charge in [0.1, 0.15) is 11.9 Å². The molecule has 0 bridgehead atoms. The number of carbonyl (C=O) groups excluding carboxylic acids is 2. The zero-order chi connectivity index (χ0) is 15.2. The Morgan fingerprint density at radius 1 is 1.29 bits per heavy atom. The number of nitrogens with one attached hydrogen (secondary N) is 1. The third-order valence-electron chi connectivity index (χ3n) is 3.53. The lowest BCUT2D eigenvalue weighted by atomic mass is 10.0. The van der Waals surface area contributed by atoms with Crippen molar-refractivity contribution in [3.05, 3.63) is 47.8 Å². The van der Waals surface area contributed by atoms with Crippen molar-refractivity contribution in [2.24, 2.45) is 5.92 Å². The van der Waals surface area contributed by atoms with Gasteiger partial charge in [-0.2, -0.15) is 0 Å². The number of halogens is 1. The van der Waals surface area contributed by atoms with Crippen LogP contribution in [0.5, 0.6) is 0 Å². The van der Waals surface area contributed by atoms with E-state index in [9.17, 15) is 14.0 Å². The number of carbonyl (C=O) groups is 2. The zero-order valence-corrected chi connectivity index (χ0v) is 11.8. The van der Waals surface area contributed by atoms with E-state index in [2.05, 4.69) is 5.32 Å². The monoisotopic (exact) mass is 291 g/mol. The number of hydrogen-bond donors (Lipinski definition) is 1. The summed E-state index contributed by atoms with van der Waals surface area (Å²) in [5, 5.41) is 2.73. The smallest absolute Gasteiger partial charge is 0.328 e. The van der Waals surface area contributed by atoms with Gasteiger partial charge in [0.05, 0.1) is 7.11 Å². The van der Waals surface area contributed by atoms with Crippen molar-refractivity contribution < 1.29 is 18.7 Å². The molecule has 1 atom stereocenters. The van der Waals surface area contributed by atoms with Gasteiger partial charge < -0.3 is 10.1 Å².